The van der Waals surface area contributed by atoms with Crippen molar-refractivity contribution in [3.8, 4) is 0 Å². The van der Waals surface area contributed by atoms with Crippen LogP contribution in [0.15, 0.2) is 0 Å². The first-order chi connectivity index (χ1) is 15.2. The average molecular weight is 514 g/mol. The average Bonchev–Trinajstić information content (AvgIpc) is 3.11. The molecule has 212 valence electrons. The minimum Gasteiger partial charge on any atom is -0.444 e. The molecule has 35 heavy (non-hydrogen) atoms. The summed E-state index contributed by atoms with van der Waals surface area (Å²) in [5.41, 5.74) is -0.392. The Labute approximate surface area is 213 Å². The number of aldehydes is 1. The van der Waals surface area contributed by atoms with E-state index in [4.69, 9.17) is 9.53 Å². The molecule has 1 amide bonds. The van der Waals surface area contributed by atoms with E-state index in [1.807, 2.05) is 32.6 Å². The Kier molecular flexibility index (Phi) is 20.6. The number of amides is 1. The molecule has 0 spiro atoms. The Bertz CT molecular complexity index is 538. The van der Waals surface area contributed by atoms with Gasteiger partial charge in [-0.15, -0.1) is 0 Å². The summed E-state index contributed by atoms with van der Waals surface area (Å²) in [6, 6.07) is 0. The van der Waals surface area contributed by atoms with Gasteiger partial charge in [-0.25, -0.2) is 4.79 Å². The van der Waals surface area contributed by atoms with Gasteiger partial charge in [0.15, 0.2) is 0 Å². The second-order valence-corrected chi connectivity index (χ2v) is 10.6. The molecule has 8 heteroatoms. The number of ether oxygens (including phenoxy) is 1. The molecule has 5 nitrogen and oxygen atoms in total. The molecule has 0 aromatic rings. The van der Waals surface area contributed by atoms with Crippen LogP contribution in [-0.2, 0) is 9.53 Å². The molecule has 1 aliphatic carbocycles. The maximum absolute atomic E-state index is 12.0. The number of alkyl halides is 3. The molecular weight excluding hydrogens is 459 g/mol. The van der Waals surface area contributed by atoms with Crippen molar-refractivity contribution in [3.63, 3.8) is 0 Å². The summed E-state index contributed by atoms with van der Waals surface area (Å²) >= 11 is 0. The van der Waals surface area contributed by atoms with Crippen LogP contribution in [-0.4, -0.2) is 53.4 Å². The van der Waals surface area contributed by atoms with Crippen LogP contribution in [0.25, 0.3) is 0 Å². The van der Waals surface area contributed by atoms with Crippen LogP contribution in [0, 0.1) is 17.8 Å². The molecule has 2 atom stereocenters. The van der Waals surface area contributed by atoms with Gasteiger partial charge < -0.3 is 14.7 Å². The molecule has 1 aliphatic heterocycles. The number of hydrogen-bond acceptors (Lipinski definition) is 4. The van der Waals surface area contributed by atoms with Crippen molar-refractivity contribution in [2.24, 2.45) is 17.8 Å². The first-order valence-corrected chi connectivity index (χ1v) is 12.3. The summed E-state index contributed by atoms with van der Waals surface area (Å²) in [6.45, 7) is 13.9. The van der Waals surface area contributed by atoms with Crippen LogP contribution in [0.5, 0.6) is 0 Å². The summed E-state index contributed by atoms with van der Waals surface area (Å²) in [5.74, 6) is 1.85. The Morgan fingerprint density at radius 2 is 1.34 bits per heavy atom. The van der Waals surface area contributed by atoms with Gasteiger partial charge in [-0.3, -0.25) is 4.79 Å². The van der Waals surface area contributed by atoms with Gasteiger partial charge in [-0.1, -0.05) is 60.8 Å². The zero-order valence-corrected chi connectivity index (χ0v) is 21.4. The lowest BCUT2D eigenvalue weighted by Crippen LogP contribution is -2.39. The maximum Gasteiger partial charge on any atom is 0.446 e. The van der Waals surface area contributed by atoms with E-state index < -0.39 is 18.1 Å². The lowest BCUT2D eigenvalue weighted by molar-refractivity contribution is -0.156. The smallest absolute Gasteiger partial charge is 0.444 e. The third-order valence-electron chi connectivity index (χ3n) is 6.02. The van der Waals surface area contributed by atoms with E-state index in [1.165, 1.54) is 51.4 Å². The molecule has 0 aromatic carbocycles. The van der Waals surface area contributed by atoms with Crippen molar-refractivity contribution >= 4 is 12.4 Å². The molecule has 2 aliphatic rings. The standard InChI is InChI=1S/C14H27NO2.C9H18O.C2HF3O.2CH4/c1-11(2)12-8-6-7-9-15(10-12)13(16)17-14(3,4)5;1-8(10)9-6-4-2-3-5-7-9;3-2(4,5)1-6;;/h11-12H,6-10H2,1-5H3;8-10H,2-7H2,1H3;1H;2*1H4. The Morgan fingerprint density at radius 3 is 1.71 bits per heavy atom. The largest absolute Gasteiger partial charge is 0.446 e. The van der Waals surface area contributed by atoms with E-state index in [0.717, 1.165) is 19.5 Å². The predicted octanol–water partition coefficient (Wildman–Crippen LogP) is 8.04. The summed E-state index contributed by atoms with van der Waals surface area (Å²) in [5, 5.41) is 9.30. The van der Waals surface area contributed by atoms with Crippen molar-refractivity contribution in [1.82, 2.24) is 4.90 Å². The van der Waals surface area contributed by atoms with Gasteiger partial charge in [-0.05, 0) is 71.1 Å². The SMILES string of the molecule is C.C.CC(C)C1CCCCN(C(=O)OC(C)(C)C)C1.CC(O)C1CCCCCC1.O=CC(F)(F)F. The molecule has 0 aromatic heterocycles. The fourth-order valence-corrected chi connectivity index (χ4v) is 4.00. The highest BCUT2D eigenvalue weighted by Crippen LogP contribution is 2.25. The third kappa shape index (κ3) is 20.6. The van der Waals surface area contributed by atoms with Gasteiger partial charge in [0.05, 0.1) is 6.10 Å². The van der Waals surface area contributed by atoms with E-state index >= 15 is 0 Å². The normalized spacial score (nSPS) is 20.2. The summed E-state index contributed by atoms with van der Waals surface area (Å²) in [4.78, 5) is 22.6. The van der Waals surface area contributed by atoms with Crippen LogP contribution < -0.4 is 0 Å². The highest BCUT2D eigenvalue weighted by Gasteiger charge is 2.27. The van der Waals surface area contributed by atoms with E-state index in [-0.39, 0.29) is 27.1 Å². The zero-order valence-electron chi connectivity index (χ0n) is 21.4. The summed E-state index contributed by atoms with van der Waals surface area (Å²) in [6.07, 6.45) is 5.55. The molecule has 0 radical (unpaired) electrons. The number of nitrogens with zero attached hydrogens (tertiary/aromatic N) is 1. The van der Waals surface area contributed by atoms with Gasteiger partial charge in [0.1, 0.15) is 5.60 Å². The van der Waals surface area contributed by atoms with Crippen molar-refractivity contribution in [1.29, 1.82) is 0 Å². The topological polar surface area (TPSA) is 66.8 Å². The summed E-state index contributed by atoms with van der Waals surface area (Å²) < 4.78 is 36.7. The number of likely N-dealkylation sites (tertiary alicyclic amines) is 1. The molecule has 2 unspecified atom stereocenters. The van der Waals surface area contributed by atoms with Crippen LogP contribution in [0.4, 0.5) is 18.0 Å². The Morgan fingerprint density at radius 1 is 0.914 bits per heavy atom. The van der Waals surface area contributed by atoms with Gasteiger partial charge in [0, 0.05) is 13.1 Å². The van der Waals surface area contributed by atoms with E-state index in [2.05, 4.69) is 13.8 Å². The van der Waals surface area contributed by atoms with E-state index in [1.54, 1.807) is 0 Å². The lowest BCUT2D eigenvalue weighted by atomic mass is 9.91. The monoisotopic (exact) mass is 513 g/mol. The second-order valence-electron chi connectivity index (χ2n) is 10.6. The molecule has 1 N–H and O–H groups in total. The number of aliphatic hydroxyl groups is 1. The van der Waals surface area contributed by atoms with Crippen LogP contribution in [0.1, 0.15) is 114 Å². The maximum atomic E-state index is 12.0. The first-order valence-electron chi connectivity index (χ1n) is 12.3. The molecule has 0 bridgehead atoms. The molecule has 1 saturated carbocycles. The van der Waals surface area contributed by atoms with E-state index in [0.29, 0.717) is 17.8 Å². The number of carbonyl (C=O) groups is 2. The van der Waals surface area contributed by atoms with Crippen LogP contribution in [0.3, 0.4) is 0 Å². The minimum absolute atomic E-state index is 0. The highest BCUT2D eigenvalue weighted by molar-refractivity contribution is 5.68. The Balaban J connectivity index is -0.000000485. The first kappa shape index (κ1) is 38.2. The molecule has 2 fully saturated rings. The van der Waals surface area contributed by atoms with E-state index in [9.17, 15) is 23.1 Å². The number of halogens is 3. The second kappa shape index (κ2) is 18.9. The lowest BCUT2D eigenvalue weighted by Gasteiger charge is -2.29. The van der Waals surface area contributed by atoms with Crippen molar-refractivity contribution in [3.05, 3.63) is 0 Å². The molecule has 1 saturated heterocycles. The number of carbonyl (C=O) groups excluding carboxylic acids is 2. The van der Waals surface area contributed by atoms with Crippen molar-refractivity contribution in [2.75, 3.05) is 13.1 Å². The van der Waals surface area contributed by atoms with Gasteiger partial charge in [0.25, 0.3) is 0 Å². The minimum atomic E-state index is -4.64. The number of rotatable bonds is 2. The quantitative estimate of drug-likeness (QED) is 0.300. The Hall–Kier alpha value is -1.31. The van der Waals surface area contributed by atoms with Gasteiger partial charge >= 0.3 is 12.3 Å². The van der Waals surface area contributed by atoms with Crippen LogP contribution >= 0.6 is 0 Å². The summed E-state index contributed by atoms with van der Waals surface area (Å²) in [7, 11) is 0. The predicted molar refractivity (Wildman–Crippen MR) is 138 cm³/mol. The molecular formula is C27H54F3NO4. The number of aliphatic hydroxyl groups excluding tert-OH is 1. The number of hydrogen-bond donors (Lipinski definition) is 1. The zero-order chi connectivity index (χ0) is 25.7. The van der Waals surface area contributed by atoms with Gasteiger partial charge in [0.2, 0.25) is 6.29 Å². The molecule has 2 rings (SSSR count). The highest BCUT2D eigenvalue weighted by atomic mass is 19.4. The fourth-order valence-electron chi connectivity index (χ4n) is 4.00. The van der Waals surface area contributed by atoms with Crippen molar-refractivity contribution in [2.45, 2.75) is 132 Å². The fraction of sp³-hybridized carbons (Fsp3) is 0.926. The van der Waals surface area contributed by atoms with Crippen LogP contribution in [0.2, 0.25) is 0 Å². The molecule has 1 heterocycles. The van der Waals surface area contributed by atoms with Crippen molar-refractivity contribution < 1.29 is 32.6 Å². The van der Waals surface area contributed by atoms with Gasteiger partial charge in [-0.2, -0.15) is 13.2 Å². The third-order valence-corrected chi connectivity index (χ3v) is 6.02.